The second kappa shape index (κ2) is 8.61. The van der Waals surface area contributed by atoms with Crippen LogP contribution in [0.25, 0.3) is 22.4 Å². The number of hydrogen-bond acceptors (Lipinski definition) is 6. The summed E-state index contributed by atoms with van der Waals surface area (Å²) in [5.74, 6) is 0. The Hall–Kier alpha value is -3.03. The van der Waals surface area contributed by atoms with Crippen LogP contribution in [0, 0.1) is 0 Å². The molecule has 0 radical (unpaired) electrons. The maximum absolute atomic E-state index is 9.24. The molecule has 3 aromatic rings. The van der Waals surface area contributed by atoms with Gasteiger partial charge in [-0.15, -0.1) is 0 Å². The van der Waals surface area contributed by atoms with Crippen LogP contribution in [0.1, 0.15) is 17.5 Å². The fraction of sp³-hybridized carbons (Fsp3) is 0.375. The van der Waals surface area contributed by atoms with Gasteiger partial charge < -0.3 is 10.1 Å². The first-order valence-corrected chi connectivity index (χ1v) is 10.9. The van der Waals surface area contributed by atoms with E-state index in [-0.39, 0.29) is 0 Å². The molecule has 0 amide bonds. The van der Waals surface area contributed by atoms with E-state index in [1.165, 1.54) is 5.56 Å². The molecular formula is C24H28N6O. The van der Waals surface area contributed by atoms with Crippen molar-refractivity contribution in [3.8, 4) is 22.4 Å². The number of rotatable bonds is 5. The van der Waals surface area contributed by atoms with Gasteiger partial charge in [0.05, 0.1) is 12.3 Å². The maximum atomic E-state index is 9.24. The van der Waals surface area contributed by atoms with Crippen LogP contribution in [0.5, 0.6) is 0 Å². The van der Waals surface area contributed by atoms with E-state index in [4.69, 9.17) is 5.10 Å². The van der Waals surface area contributed by atoms with Crippen molar-refractivity contribution >= 4 is 5.71 Å². The van der Waals surface area contributed by atoms with Crippen LogP contribution >= 0.6 is 0 Å². The summed E-state index contributed by atoms with van der Waals surface area (Å²) in [6.07, 6.45) is 7.50. The molecule has 1 N–H and O–H groups in total. The fourth-order valence-corrected chi connectivity index (χ4v) is 4.53. The van der Waals surface area contributed by atoms with E-state index in [2.05, 4.69) is 56.1 Å². The van der Waals surface area contributed by atoms with Crippen molar-refractivity contribution in [2.45, 2.75) is 19.4 Å². The molecule has 2 aromatic heterocycles. The Morgan fingerprint density at radius 2 is 1.74 bits per heavy atom. The number of oxime groups is 1. The number of pyridine rings is 1. The van der Waals surface area contributed by atoms with Crippen LogP contribution in [0.4, 0.5) is 0 Å². The van der Waals surface area contributed by atoms with Crippen molar-refractivity contribution < 1.29 is 5.21 Å². The van der Waals surface area contributed by atoms with Crippen molar-refractivity contribution in [1.29, 1.82) is 0 Å². The van der Waals surface area contributed by atoms with E-state index < -0.39 is 0 Å². The van der Waals surface area contributed by atoms with Crippen LogP contribution in [-0.4, -0.2) is 75.3 Å². The van der Waals surface area contributed by atoms with Gasteiger partial charge in [-0.25, -0.2) is 0 Å². The first kappa shape index (κ1) is 19.9. The Kier molecular flexibility index (Phi) is 5.53. The average Bonchev–Trinajstić information content (AvgIpc) is 3.43. The third-order valence-corrected chi connectivity index (χ3v) is 6.44. The Balaban J connectivity index is 1.45. The summed E-state index contributed by atoms with van der Waals surface area (Å²) in [4.78, 5) is 9.06. The van der Waals surface area contributed by atoms with Gasteiger partial charge in [-0.1, -0.05) is 23.4 Å². The predicted octanol–water partition coefficient (Wildman–Crippen LogP) is 2.98. The number of nitrogens with zero attached hydrogens (tertiary/aromatic N) is 6. The van der Waals surface area contributed by atoms with Gasteiger partial charge in [0.15, 0.2) is 0 Å². The topological polar surface area (TPSA) is 69.8 Å². The number of aryl methyl sites for hydroxylation is 1. The molecular weight excluding hydrogens is 388 g/mol. The lowest BCUT2D eigenvalue weighted by Gasteiger charge is -2.32. The van der Waals surface area contributed by atoms with Gasteiger partial charge in [-0.2, -0.15) is 5.10 Å². The molecule has 2 aliphatic rings. The lowest BCUT2D eigenvalue weighted by atomic mass is 9.98. The molecule has 0 saturated carbocycles. The number of aromatic nitrogens is 3. The van der Waals surface area contributed by atoms with Gasteiger partial charge in [0.1, 0.15) is 5.69 Å². The van der Waals surface area contributed by atoms with Crippen LogP contribution < -0.4 is 0 Å². The zero-order chi connectivity index (χ0) is 21.2. The molecule has 1 aliphatic heterocycles. The van der Waals surface area contributed by atoms with E-state index in [0.29, 0.717) is 0 Å². The molecule has 0 atom stereocenters. The molecule has 5 rings (SSSR count). The summed E-state index contributed by atoms with van der Waals surface area (Å²) in [6.45, 7) is 6.35. The van der Waals surface area contributed by atoms with Crippen LogP contribution in [-0.2, 0) is 13.0 Å². The second-order valence-corrected chi connectivity index (χ2v) is 8.45. The fourth-order valence-electron chi connectivity index (χ4n) is 4.53. The zero-order valence-electron chi connectivity index (χ0n) is 17.9. The average molecular weight is 417 g/mol. The highest BCUT2D eigenvalue weighted by atomic mass is 16.4. The lowest BCUT2D eigenvalue weighted by Crippen LogP contribution is -2.45. The highest BCUT2D eigenvalue weighted by Crippen LogP contribution is 2.34. The molecule has 1 saturated heterocycles. The third kappa shape index (κ3) is 4.11. The van der Waals surface area contributed by atoms with Crippen molar-refractivity contribution in [3.05, 3.63) is 60.0 Å². The normalized spacial score (nSPS) is 18.5. The molecule has 7 nitrogen and oxygen atoms in total. The summed E-state index contributed by atoms with van der Waals surface area (Å²) in [6, 6.07) is 10.4. The molecule has 1 aromatic carbocycles. The summed E-state index contributed by atoms with van der Waals surface area (Å²) < 4.78 is 2.08. The number of piperazine rings is 1. The van der Waals surface area contributed by atoms with Crippen molar-refractivity contribution in [2.75, 3.05) is 39.8 Å². The molecule has 31 heavy (non-hydrogen) atoms. The lowest BCUT2D eigenvalue weighted by molar-refractivity contribution is 0.149. The van der Waals surface area contributed by atoms with E-state index in [0.717, 1.165) is 85.8 Å². The van der Waals surface area contributed by atoms with Gasteiger partial charge in [0, 0.05) is 68.0 Å². The smallest absolute Gasteiger partial charge is 0.100 e. The van der Waals surface area contributed by atoms with Crippen molar-refractivity contribution in [2.24, 2.45) is 5.16 Å². The minimum absolute atomic E-state index is 0.777. The Morgan fingerprint density at radius 1 is 0.935 bits per heavy atom. The monoisotopic (exact) mass is 416 g/mol. The summed E-state index contributed by atoms with van der Waals surface area (Å²) in [5, 5.41) is 17.7. The Labute approximate surface area is 182 Å². The van der Waals surface area contributed by atoms with Crippen LogP contribution in [0.15, 0.2) is 54.1 Å². The van der Waals surface area contributed by atoms with Crippen molar-refractivity contribution in [3.63, 3.8) is 0 Å². The van der Waals surface area contributed by atoms with Crippen LogP contribution in [0.3, 0.4) is 0 Å². The first-order chi connectivity index (χ1) is 15.2. The maximum Gasteiger partial charge on any atom is 0.100 e. The first-order valence-electron chi connectivity index (χ1n) is 10.9. The Morgan fingerprint density at radius 3 is 2.52 bits per heavy atom. The Bertz CT molecular complexity index is 1080. The third-order valence-electron chi connectivity index (χ3n) is 6.44. The molecule has 0 spiro atoms. The molecule has 7 heteroatoms. The molecule has 1 aliphatic carbocycles. The molecule has 160 valence electrons. The van der Waals surface area contributed by atoms with E-state index in [1.807, 2.05) is 24.5 Å². The number of fused-ring (bicyclic) bond motifs is 1. The number of hydrogen-bond donors (Lipinski definition) is 1. The zero-order valence-corrected chi connectivity index (χ0v) is 17.9. The van der Waals surface area contributed by atoms with Crippen molar-refractivity contribution in [1.82, 2.24) is 24.6 Å². The minimum Gasteiger partial charge on any atom is -0.411 e. The van der Waals surface area contributed by atoms with Gasteiger partial charge in [0.2, 0.25) is 0 Å². The van der Waals surface area contributed by atoms with E-state index >= 15 is 0 Å². The SMILES string of the molecule is CN1CCN(CCn2cc(-c3ccc4c(c3)CCC4=NO)c(-c3ccncc3)n2)CC1. The minimum atomic E-state index is 0.777. The second-order valence-electron chi connectivity index (χ2n) is 8.45. The van der Waals surface area contributed by atoms with Gasteiger partial charge >= 0.3 is 0 Å². The van der Waals surface area contributed by atoms with E-state index in [9.17, 15) is 5.21 Å². The highest BCUT2D eigenvalue weighted by Gasteiger charge is 2.21. The quantitative estimate of drug-likeness (QED) is 0.512. The van der Waals surface area contributed by atoms with Crippen LogP contribution in [0.2, 0.25) is 0 Å². The largest absolute Gasteiger partial charge is 0.411 e. The number of likely N-dealkylation sites (N-methyl/N-ethyl adjacent to an activating group) is 1. The summed E-state index contributed by atoms with van der Waals surface area (Å²) >= 11 is 0. The van der Waals surface area contributed by atoms with E-state index in [1.54, 1.807) is 0 Å². The molecule has 3 heterocycles. The molecule has 0 unspecified atom stereocenters. The van der Waals surface area contributed by atoms with Gasteiger partial charge in [-0.3, -0.25) is 14.6 Å². The van der Waals surface area contributed by atoms with Gasteiger partial charge in [0.25, 0.3) is 0 Å². The van der Waals surface area contributed by atoms with Gasteiger partial charge in [-0.05, 0) is 43.1 Å². The summed E-state index contributed by atoms with van der Waals surface area (Å²) in [7, 11) is 2.18. The summed E-state index contributed by atoms with van der Waals surface area (Å²) in [5.41, 5.74) is 7.39. The highest BCUT2D eigenvalue weighted by molar-refractivity contribution is 6.04. The predicted molar refractivity (Wildman–Crippen MR) is 121 cm³/mol. The molecule has 1 fully saturated rings. The standard InChI is InChI=1S/C24H28N6O/c1-28-10-12-29(13-11-28)14-15-30-17-22(24(26-30)18-6-8-25-9-7-18)20-2-4-21-19(16-20)3-5-23(21)27-31/h2,4,6-9,16-17,31H,3,5,10-15H2,1H3. The molecule has 0 bridgehead atoms. The number of benzene rings is 1.